The number of carbonyl (C=O) groups is 2. The number of hydrogen-bond acceptors (Lipinski definition) is 4. The van der Waals surface area contributed by atoms with Gasteiger partial charge in [0, 0.05) is 18.2 Å². The van der Waals surface area contributed by atoms with Crippen LogP contribution in [0, 0.1) is 0 Å². The SMILES string of the molecule is O=C(O)C1=NN(c2ccc3ccccc3n2)C(=O)CC1. The molecule has 1 aromatic heterocycles. The van der Waals surface area contributed by atoms with E-state index in [2.05, 4.69) is 10.1 Å². The van der Waals surface area contributed by atoms with Gasteiger partial charge in [0.15, 0.2) is 5.82 Å². The maximum absolute atomic E-state index is 11.9. The predicted molar refractivity (Wildman–Crippen MR) is 73.5 cm³/mol. The highest BCUT2D eigenvalue weighted by molar-refractivity contribution is 6.37. The molecule has 1 aliphatic heterocycles. The van der Waals surface area contributed by atoms with Crippen molar-refractivity contribution in [2.24, 2.45) is 5.10 Å². The summed E-state index contributed by atoms with van der Waals surface area (Å²) >= 11 is 0. The molecule has 1 amide bonds. The Balaban J connectivity index is 2.06. The summed E-state index contributed by atoms with van der Waals surface area (Å²) in [5.41, 5.74) is 0.704. The summed E-state index contributed by atoms with van der Waals surface area (Å²) in [5, 5.41) is 14.9. The second-order valence-corrected chi connectivity index (χ2v) is 4.42. The molecule has 100 valence electrons. The van der Waals surface area contributed by atoms with Crippen molar-refractivity contribution in [3.63, 3.8) is 0 Å². The van der Waals surface area contributed by atoms with Gasteiger partial charge in [-0.1, -0.05) is 18.2 Å². The lowest BCUT2D eigenvalue weighted by Gasteiger charge is -2.21. The van der Waals surface area contributed by atoms with Crippen molar-refractivity contribution < 1.29 is 14.7 Å². The number of carbonyl (C=O) groups excluding carboxylic acids is 1. The van der Waals surface area contributed by atoms with Gasteiger partial charge in [-0.25, -0.2) is 9.78 Å². The van der Waals surface area contributed by atoms with Gasteiger partial charge in [-0.15, -0.1) is 0 Å². The minimum absolute atomic E-state index is 0.0282. The van der Waals surface area contributed by atoms with Gasteiger partial charge >= 0.3 is 5.97 Å². The zero-order valence-electron chi connectivity index (χ0n) is 10.5. The molecule has 6 nitrogen and oxygen atoms in total. The highest BCUT2D eigenvalue weighted by atomic mass is 16.4. The Labute approximate surface area is 114 Å². The zero-order valence-corrected chi connectivity index (χ0v) is 10.5. The van der Waals surface area contributed by atoms with Gasteiger partial charge in [0.2, 0.25) is 5.91 Å². The number of amides is 1. The highest BCUT2D eigenvalue weighted by Gasteiger charge is 2.26. The van der Waals surface area contributed by atoms with Crippen LogP contribution in [0.5, 0.6) is 0 Å². The molecule has 1 N–H and O–H groups in total. The Hall–Kier alpha value is -2.76. The van der Waals surface area contributed by atoms with Crippen LogP contribution in [-0.4, -0.2) is 27.7 Å². The Morgan fingerprint density at radius 2 is 1.95 bits per heavy atom. The number of benzene rings is 1. The highest BCUT2D eigenvalue weighted by Crippen LogP contribution is 2.21. The van der Waals surface area contributed by atoms with Crippen LogP contribution in [0.4, 0.5) is 5.82 Å². The van der Waals surface area contributed by atoms with Crippen molar-refractivity contribution >= 4 is 34.3 Å². The first-order valence-corrected chi connectivity index (χ1v) is 6.15. The molecule has 0 radical (unpaired) electrons. The number of carboxylic acid groups (broad SMARTS) is 1. The second kappa shape index (κ2) is 4.73. The number of para-hydroxylation sites is 1. The van der Waals surface area contributed by atoms with E-state index in [1.807, 2.05) is 30.3 Å². The van der Waals surface area contributed by atoms with Crippen LogP contribution < -0.4 is 5.01 Å². The van der Waals surface area contributed by atoms with Crippen LogP contribution in [-0.2, 0) is 9.59 Å². The number of rotatable bonds is 2. The first kappa shape index (κ1) is 12.3. The van der Waals surface area contributed by atoms with Crippen molar-refractivity contribution in [1.82, 2.24) is 4.98 Å². The van der Waals surface area contributed by atoms with Gasteiger partial charge in [0.25, 0.3) is 0 Å². The molecule has 3 rings (SSSR count). The third-order valence-corrected chi connectivity index (χ3v) is 3.08. The average molecular weight is 269 g/mol. The van der Waals surface area contributed by atoms with E-state index < -0.39 is 5.97 Å². The topological polar surface area (TPSA) is 82.9 Å². The molecule has 0 saturated heterocycles. The summed E-state index contributed by atoms with van der Waals surface area (Å²) < 4.78 is 0. The molecular weight excluding hydrogens is 258 g/mol. The van der Waals surface area contributed by atoms with Gasteiger partial charge in [-0.3, -0.25) is 4.79 Å². The fraction of sp³-hybridized carbons (Fsp3) is 0.143. The first-order valence-electron chi connectivity index (χ1n) is 6.15. The normalized spacial score (nSPS) is 15.3. The number of aromatic nitrogens is 1. The maximum Gasteiger partial charge on any atom is 0.352 e. The fourth-order valence-corrected chi connectivity index (χ4v) is 2.06. The molecule has 1 aliphatic rings. The van der Waals surface area contributed by atoms with Gasteiger partial charge in [-0.2, -0.15) is 10.1 Å². The zero-order chi connectivity index (χ0) is 14.1. The van der Waals surface area contributed by atoms with E-state index in [1.165, 1.54) is 0 Å². The van der Waals surface area contributed by atoms with E-state index >= 15 is 0 Å². The van der Waals surface area contributed by atoms with Crippen LogP contribution in [0.3, 0.4) is 0 Å². The Bertz CT molecular complexity index is 739. The average Bonchev–Trinajstić information content (AvgIpc) is 2.47. The Morgan fingerprint density at radius 1 is 1.15 bits per heavy atom. The van der Waals surface area contributed by atoms with Gasteiger partial charge in [0.05, 0.1) is 5.52 Å². The Morgan fingerprint density at radius 3 is 2.75 bits per heavy atom. The quantitative estimate of drug-likeness (QED) is 0.901. The predicted octanol–water partition coefficient (Wildman–Crippen LogP) is 1.80. The van der Waals surface area contributed by atoms with Crippen molar-refractivity contribution in [2.45, 2.75) is 12.8 Å². The van der Waals surface area contributed by atoms with Crippen molar-refractivity contribution in [2.75, 3.05) is 5.01 Å². The van der Waals surface area contributed by atoms with Gasteiger partial charge in [0.1, 0.15) is 5.71 Å². The molecule has 0 spiro atoms. The standard InChI is InChI=1S/C14H11N3O3/c18-13-8-6-11(14(19)20)16-17(13)12-7-5-9-3-1-2-4-10(9)15-12/h1-5,7H,6,8H2,(H,19,20). The van der Waals surface area contributed by atoms with Gasteiger partial charge in [-0.05, 0) is 18.2 Å². The molecule has 0 aliphatic carbocycles. The molecule has 2 aromatic rings. The van der Waals surface area contributed by atoms with Crippen LogP contribution in [0.2, 0.25) is 0 Å². The summed E-state index contributed by atoms with van der Waals surface area (Å²) in [6, 6.07) is 11.0. The maximum atomic E-state index is 11.9. The smallest absolute Gasteiger partial charge is 0.352 e. The molecule has 6 heteroatoms. The molecule has 2 heterocycles. The minimum atomic E-state index is -1.11. The summed E-state index contributed by atoms with van der Waals surface area (Å²) in [6.45, 7) is 0. The van der Waals surface area contributed by atoms with E-state index in [1.54, 1.807) is 6.07 Å². The largest absolute Gasteiger partial charge is 0.477 e. The van der Waals surface area contributed by atoms with E-state index in [-0.39, 0.29) is 24.5 Å². The molecule has 0 unspecified atom stereocenters. The second-order valence-electron chi connectivity index (χ2n) is 4.42. The van der Waals surface area contributed by atoms with E-state index in [0.29, 0.717) is 5.82 Å². The summed E-state index contributed by atoms with van der Waals surface area (Å²) in [5.74, 6) is -1.02. The van der Waals surface area contributed by atoms with E-state index in [9.17, 15) is 9.59 Å². The molecule has 0 atom stereocenters. The molecule has 1 aromatic carbocycles. The number of aliphatic carboxylic acids is 1. The third kappa shape index (κ3) is 2.11. The number of carboxylic acids is 1. The monoisotopic (exact) mass is 269 g/mol. The van der Waals surface area contributed by atoms with E-state index in [4.69, 9.17) is 5.11 Å². The summed E-state index contributed by atoms with van der Waals surface area (Å²) in [6.07, 6.45) is 0.276. The van der Waals surface area contributed by atoms with Crippen molar-refractivity contribution in [3.05, 3.63) is 36.4 Å². The van der Waals surface area contributed by atoms with Crippen molar-refractivity contribution in [3.8, 4) is 0 Å². The van der Waals surface area contributed by atoms with E-state index in [0.717, 1.165) is 15.9 Å². The third-order valence-electron chi connectivity index (χ3n) is 3.08. The number of hydrazone groups is 1. The van der Waals surface area contributed by atoms with Crippen LogP contribution >= 0.6 is 0 Å². The van der Waals surface area contributed by atoms with Crippen LogP contribution in [0.25, 0.3) is 10.9 Å². The summed E-state index contributed by atoms with van der Waals surface area (Å²) in [7, 11) is 0. The van der Waals surface area contributed by atoms with Crippen LogP contribution in [0.1, 0.15) is 12.8 Å². The van der Waals surface area contributed by atoms with Gasteiger partial charge < -0.3 is 5.11 Å². The fourth-order valence-electron chi connectivity index (χ4n) is 2.06. The first-order chi connectivity index (χ1) is 9.65. The lowest BCUT2D eigenvalue weighted by atomic mass is 10.1. The molecule has 0 bridgehead atoms. The van der Waals surface area contributed by atoms with Crippen LogP contribution in [0.15, 0.2) is 41.5 Å². The van der Waals surface area contributed by atoms with Crippen molar-refractivity contribution in [1.29, 1.82) is 0 Å². The lowest BCUT2D eigenvalue weighted by Crippen LogP contribution is -2.34. The Kier molecular flexibility index (Phi) is 2.90. The molecule has 0 fully saturated rings. The number of pyridine rings is 1. The number of fused-ring (bicyclic) bond motifs is 1. The summed E-state index contributed by atoms with van der Waals surface area (Å²) in [4.78, 5) is 27.2. The number of nitrogens with zero attached hydrogens (tertiary/aromatic N) is 3. The molecule has 0 saturated carbocycles. The lowest BCUT2D eigenvalue weighted by molar-refractivity contribution is -0.129. The number of hydrogen-bond donors (Lipinski definition) is 1. The molecular formula is C14H11N3O3. The molecule has 20 heavy (non-hydrogen) atoms. The minimum Gasteiger partial charge on any atom is -0.477 e. The number of anilines is 1.